The Morgan fingerprint density at radius 1 is 1.08 bits per heavy atom. The molecule has 138 valence electrons. The van der Waals surface area contributed by atoms with Gasteiger partial charge in [-0.3, -0.25) is 4.79 Å². The second kappa shape index (κ2) is 10.2. The second-order valence-corrected chi connectivity index (χ2v) is 6.20. The second-order valence-electron chi connectivity index (χ2n) is 6.20. The third kappa shape index (κ3) is 5.72. The molecule has 3 N–H and O–H groups in total. The molecule has 2 aromatic carbocycles. The Bertz CT molecular complexity index is 748. The minimum atomic E-state index is 0. The Morgan fingerprint density at radius 2 is 1.77 bits per heavy atom. The molecule has 0 unspecified atom stereocenters. The lowest BCUT2D eigenvalue weighted by molar-refractivity contribution is -0.130. The van der Waals surface area contributed by atoms with Crippen LogP contribution in [-0.4, -0.2) is 36.4 Å². The zero-order valence-electron chi connectivity index (χ0n) is 14.7. The van der Waals surface area contributed by atoms with Crippen molar-refractivity contribution in [2.75, 3.05) is 19.6 Å². The molecule has 2 aromatic rings. The number of carbonyl (C=O) groups excluding carboxylic acids is 1. The van der Waals surface area contributed by atoms with Gasteiger partial charge in [0.25, 0.3) is 0 Å². The van der Waals surface area contributed by atoms with Crippen LogP contribution in [0.15, 0.2) is 59.6 Å². The van der Waals surface area contributed by atoms with Gasteiger partial charge in [-0.05, 0) is 29.5 Å². The van der Waals surface area contributed by atoms with E-state index in [9.17, 15) is 4.79 Å². The molecule has 0 atom stereocenters. The largest absolute Gasteiger partial charge is 0.370 e. The van der Waals surface area contributed by atoms with Gasteiger partial charge in [-0.15, -0.1) is 24.0 Å². The van der Waals surface area contributed by atoms with Crippen LogP contribution in [0.1, 0.15) is 16.7 Å². The van der Waals surface area contributed by atoms with Gasteiger partial charge in [0.2, 0.25) is 5.91 Å². The summed E-state index contributed by atoms with van der Waals surface area (Å²) in [7, 11) is 0. The maximum absolute atomic E-state index is 12.3. The van der Waals surface area contributed by atoms with E-state index in [-0.39, 0.29) is 36.4 Å². The molecule has 0 bridgehead atoms. The molecular formula is C20H25IN4O. The van der Waals surface area contributed by atoms with Crippen LogP contribution < -0.4 is 11.1 Å². The van der Waals surface area contributed by atoms with E-state index in [4.69, 9.17) is 5.73 Å². The zero-order valence-corrected chi connectivity index (χ0v) is 17.1. The van der Waals surface area contributed by atoms with Crippen LogP contribution in [0.2, 0.25) is 0 Å². The summed E-state index contributed by atoms with van der Waals surface area (Å²) in [5, 5.41) is 3.06. The number of benzene rings is 2. The molecule has 1 amide bonds. The molecule has 0 aliphatic carbocycles. The summed E-state index contributed by atoms with van der Waals surface area (Å²) in [6.07, 6.45) is 1.77. The molecule has 26 heavy (non-hydrogen) atoms. The third-order valence-electron chi connectivity index (χ3n) is 4.43. The lowest BCUT2D eigenvalue weighted by Crippen LogP contribution is -2.39. The van der Waals surface area contributed by atoms with Crippen molar-refractivity contribution in [2.24, 2.45) is 10.7 Å². The van der Waals surface area contributed by atoms with Gasteiger partial charge in [-0.2, -0.15) is 0 Å². The van der Waals surface area contributed by atoms with Gasteiger partial charge in [0.1, 0.15) is 6.54 Å². The maximum Gasteiger partial charge on any atom is 0.244 e. The van der Waals surface area contributed by atoms with Crippen LogP contribution >= 0.6 is 24.0 Å². The van der Waals surface area contributed by atoms with Crippen LogP contribution in [0, 0.1) is 0 Å². The fourth-order valence-corrected chi connectivity index (χ4v) is 3.00. The van der Waals surface area contributed by atoms with Gasteiger partial charge in [0.15, 0.2) is 5.96 Å². The Balaban J connectivity index is 0.00000243. The number of hydrogen-bond donors (Lipinski definition) is 2. The molecule has 0 fully saturated rings. The number of nitrogens with one attached hydrogen (secondary N) is 1. The highest BCUT2D eigenvalue weighted by atomic mass is 127. The maximum atomic E-state index is 12.3. The van der Waals surface area contributed by atoms with Crippen LogP contribution in [0.3, 0.4) is 0 Å². The standard InChI is InChI=1S/C20H24N4O.HI/c21-20(22-12-10-16-6-2-1-3-7-16)23-14-19(25)24-13-11-17-8-4-5-9-18(17)15-24;/h1-9H,10-15H2,(H3,21,22,23);1H. The minimum absolute atomic E-state index is 0. The van der Waals surface area contributed by atoms with E-state index < -0.39 is 0 Å². The molecule has 0 aromatic heterocycles. The number of nitrogens with zero attached hydrogens (tertiary/aromatic N) is 2. The number of amides is 1. The summed E-state index contributed by atoms with van der Waals surface area (Å²) in [5.74, 6) is 0.337. The number of halogens is 1. The van der Waals surface area contributed by atoms with Gasteiger partial charge in [-0.1, -0.05) is 54.6 Å². The molecule has 1 aliphatic rings. The van der Waals surface area contributed by atoms with Crippen LogP contribution in [0.5, 0.6) is 0 Å². The van der Waals surface area contributed by atoms with Crippen molar-refractivity contribution < 1.29 is 4.79 Å². The summed E-state index contributed by atoms with van der Waals surface area (Å²) in [6, 6.07) is 18.4. The molecule has 1 aliphatic heterocycles. The van der Waals surface area contributed by atoms with Crippen molar-refractivity contribution >= 4 is 35.8 Å². The number of rotatable bonds is 5. The van der Waals surface area contributed by atoms with Gasteiger partial charge >= 0.3 is 0 Å². The van der Waals surface area contributed by atoms with E-state index in [1.807, 2.05) is 35.2 Å². The fraction of sp³-hybridized carbons (Fsp3) is 0.300. The number of carbonyl (C=O) groups is 1. The number of hydrogen-bond acceptors (Lipinski definition) is 2. The van der Waals surface area contributed by atoms with E-state index >= 15 is 0 Å². The molecule has 0 spiro atoms. The van der Waals surface area contributed by atoms with Crippen molar-refractivity contribution in [2.45, 2.75) is 19.4 Å². The SMILES string of the molecule is I.NC(=NCC(=O)N1CCc2ccccc2C1)NCCc1ccccc1. The monoisotopic (exact) mass is 464 g/mol. The summed E-state index contributed by atoms with van der Waals surface area (Å²) < 4.78 is 0. The fourth-order valence-electron chi connectivity index (χ4n) is 3.00. The predicted molar refractivity (Wildman–Crippen MR) is 116 cm³/mol. The lowest BCUT2D eigenvalue weighted by atomic mass is 10.00. The molecule has 0 saturated carbocycles. The normalized spacial score (nSPS) is 13.5. The smallest absolute Gasteiger partial charge is 0.244 e. The Labute approximate surface area is 171 Å². The van der Waals surface area contributed by atoms with Gasteiger partial charge in [-0.25, -0.2) is 4.99 Å². The average molecular weight is 464 g/mol. The quantitative estimate of drug-likeness (QED) is 0.406. The molecular weight excluding hydrogens is 439 g/mol. The van der Waals surface area contributed by atoms with Crippen LogP contribution in [-0.2, 0) is 24.2 Å². The molecule has 6 heteroatoms. The van der Waals surface area contributed by atoms with Crippen molar-refractivity contribution in [3.8, 4) is 0 Å². The lowest BCUT2D eigenvalue weighted by Gasteiger charge is -2.28. The minimum Gasteiger partial charge on any atom is -0.370 e. The highest BCUT2D eigenvalue weighted by Gasteiger charge is 2.19. The number of guanidine groups is 1. The highest BCUT2D eigenvalue weighted by molar-refractivity contribution is 14.0. The van der Waals surface area contributed by atoms with E-state index in [1.165, 1.54) is 16.7 Å². The van der Waals surface area contributed by atoms with Crippen LogP contribution in [0.25, 0.3) is 0 Å². The average Bonchev–Trinajstić information content (AvgIpc) is 2.66. The Hall–Kier alpha value is -2.09. The number of aliphatic imine (C=N–C) groups is 1. The highest BCUT2D eigenvalue weighted by Crippen LogP contribution is 2.18. The molecule has 3 rings (SSSR count). The van der Waals surface area contributed by atoms with Crippen LogP contribution in [0.4, 0.5) is 0 Å². The van der Waals surface area contributed by atoms with E-state index in [1.54, 1.807) is 0 Å². The summed E-state index contributed by atoms with van der Waals surface area (Å²) >= 11 is 0. The van der Waals surface area contributed by atoms with E-state index in [0.29, 0.717) is 19.0 Å². The first-order chi connectivity index (χ1) is 12.2. The Kier molecular flexibility index (Phi) is 7.90. The first-order valence-corrected chi connectivity index (χ1v) is 8.64. The molecule has 5 nitrogen and oxygen atoms in total. The summed E-state index contributed by atoms with van der Waals surface area (Å²) in [5.41, 5.74) is 9.65. The first-order valence-electron chi connectivity index (χ1n) is 8.64. The van der Waals surface area contributed by atoms with E-state index in [2.05, 4.69) is 34.6 Å². The van der Waals surface area contributed by atoms with Gasteiger partial charge in [0, 0.05) is 19.6 Å². The van der Waals surface area contributed by atoms with Crippen molar-refractivity contribution in [3.63, 3.8) is 0 Å². The summed E-state index contributed by atoms with van der Waals surface area (Å²) in [6.45, 7) is 2.19. The third-order valence-corrected chi connectivity index (χ3v) is 4.43. The van der Waals surface area contributed by atoms with Gasteiger partial charge in [0.05, 0.1) is 0 Å². The molecule has 1 heterocycles. The molecule has 0 radical (unpaired) electrons. The van der Waals surface area contributed by atoms with Crippen molar-refractivity contribution in [1.29, 1.82) is 0 Å². The van der Waals surface area contributed by atoms with Gasteiger partial charge < -0.3 is 16.0 Å². The summed E-state index contributed by atoms with van der Waals surface area (Å²) in [4.78, 5) is 18.4. The number of fused-ring (bicyclic) bond motifs is 1. The number of nitrogens with two attached hydrogens (primary N) is 1. The van der Waals surface area contributed by atoms with Crippen molar-refractivity contribution in [1.82, 2.24) is 10.2 Å². The Morgan fingerprint density at radius 3 is 2.54 bits per heavy atom. The van der Waals surface area contributed by atoms with Crippen molar-refractivity contribution in [3.05, 3.63) is 71.3 Å². The van der Waals surface area contributed by atoms with E-state index in [0.717, 1.165) is 19.4 Å². The predicted octanol–water partition coefficient (Wildman–Crippen LogP) is 2.34. The zero-order chi connectivity index (χ0) is 17.5. The first kappa shape index (κ1) is 20.2. The molecule has 0 saturated heterocycles. The topological polar surface area (TPSA) is 70.7 Å².